The van der Waals surface area contributed by atoms with E-state index < -0.39 is 115 Å². The summed E-state index contributed by atoms with van der Waals surface area (Å²) in [6.45, 7) is 4.11. The molecule has 1 heterocycles. The monoisotopic (exact) mass is 791 g/mol. The van der Waals surface area contributed by atoms with Crippen molar-refractivity contribution in [3.63, 3.8) is 0 Å². The molecule has 0 aliphatic carbocycles. The van der Waals surface area contributed by atoms with Gasteiger partial charge in [-0.2, -0.15) is 0 Å². The molecule has 1 aromatic rings. The lowest BCUT2D eigenvalue weighted by molar-refractivity contribution is -0.140. The van der Waals surface area contributed by atoms with Crippen LogP contribution < -0.4 is 32.3 Å². The van der Waals surface area contributed by atoms with Crippen molar-refractivity contribution in [2.24, 2.45) is 11.7 Å². The van der Waals surface area contributed by atoms with Crippen molar-refractivity contribution < 1.29 is 63.6 Å². The number of nitrogens with one attached hydrogen (secondary N) is 5. The Morgan fingerprint density at radius 1 is 0.679 bits per heavy atom. The van der Waals surface area contributed by atoms with Gasteiger partial charge in [-0.3, -0.25) is 48.1 Å². The summed E-state index contributed by atoms with van der Waals surface area (Å²) < 4.78 is 0. The van der Waals surface area contributed by atoms with Crippen LogP contribution in [0, 0.1) is 5.92 Å². The van der Waals surface area contributed by atoms with Crippen molar-refractivity contribution in [1.82, 2.24) is 31.5 Å². The molecule has 2 rings (SSSR count). The van der Waals surface area contributed by atoms with Gasteiger partial charge in [0, 0.05) is 25.7 Å². The number of nitrogens with two attached hydrogens (primary N) is 1. The topological polar surface area (TPSA) is 324 Å². The molecule has 0 saturated carbocycles. The smallest absolute Gasteiger partial charge is 0.303 e. The fourth-order valence-corrected chi connectivity index (χ4v) is 6.01. The maximum atomic E-state index is 13.9. The quantitative estimate of drug-likeness (QED) is 0.0575. The third-order valence-electron chi connectivity index (χ3n) is 9.04. The first kappa shape index (κ1) is 46.4. The molecule has 1 aromatic carbocycles. The first-order chi connectivity index (χ1) is 26.3. The minimum atomic E-state index is -1.60. The van der Waals surface area contributed by atoms with Gasteiger partial charge in [0.05, 0.1) is 6.04 Å². The molecular weight excluding hydrogens is 738 g/mol. The molecular formula is C36H53N7O13. The second kappa shape index (κ2) is 22.6. The zero-order chi connectivity index (χ0) is 42.1. The van der Waals surface area contributed by atoms with Crippen molar-refractivity contribution in [2.45, 2.75) is 114 Å². The molecule has 20 nitrogen and oxygen atoms in total. The van der Waals surface area contributed by atoms with Crippen LogP contribution in [0.2, 0.25) is 0 Å². The third-order valence-corrected chi connectivity index (χ3v) is 9.04. The maximum absolute atomic E-state index is 13.9. The number of carboxylic acid groups (broad SMARTS) is 3. The van der Waals surface area contributed by atoms with Crippen LogP contribution in [0.15, 0.2) is 24.3 Å². The second-order valence-corrected chi connectivity index (χ2v) is 14.1. The van der Waals surface area contributed by atoms with Gasteiger partial charge >= 0.3 is 17.9 Å². The van der Waals surface area contributed by atoms with Gasteiger partial charge in [0.25, 0.3) is 0 Å². The molecule has 1 saturated heterocycles. The summed E-state index contributed by atoms with van der Waals surface area (Å²) in [5, 5.41) is 49.9. The molecule has 0 bridgehead atoms. The number of benzene rings is 1. The number of aromatic hydroxyl groups is 1. The Morgan fingerprint density at radius 2 is 1.11 bits per heavy atom. The number of carboxylic acids is 3. The molecule has 0 spiro atoms. The Kier molecular flexibility index (Phi) is 18.7. The van der Waals surface area contributed by atoms with E-state index in [4.69, 9.17) is 10.8 Å². The van der Waals surface area contributed by atoms with Crippen LogP contribution in [-0.4, -0.2) is 129 Å². The summed E-state index contributed by atoms with van der Waals surface area (Å²) >= 11 is 0. The van der Waals surface area contributed by atoms with Crippen molar-refractivity contribution in [1.29, 1.82) is 0 Å². The number of hydrogen-bond donors (Lipinski definition) is 10. The third kappa shape index (κ3) is 16.3. The number of phenols is 1. The Morgan fingerprint density at radius 3 is 1.57 bits per heavy atom. The van der Waals surface area contributed by atoms with E-state index in [1.165, 1.54) is 24.3 Å². The first-order valence-corrected chi connectivity index (χ1v) is 18.2. The van der Waals surface area contributed by atoms with Gasteiger partial charge in [-0.15, -0.1) is 0 Å². The summed E-state index contributed by atoms with van der Waals surface area (Å²) in [5.74, 6) is -9.42. The van der Waals surface area contributed by atoms with Crippen LogP contribution in [0.3, 0.4) is 0 Å². The van der Waals surface area contributed by atoms with Crippen LogP contribution in [0.1, 0.15) is 77.2 Å². The van der Waals surface area contributed by atoms with Crippen LogP contribution >= 0.6 is 0 Å². The SMILES string of the molecule is CC(C)C[C@H](NC(=O)[C@H](Cc1ccc(O)cc1)NC(=O)[C@H](CCC(=O)O)NC(=O)[C@H](CCC(=O)O)NC(=O)C1CCCN1C)C(=O)N[C@@H](CCC(=O)O)C(N)=O. The highest BCUT2D eigenvalue weighted by Gasteiger charge is 2.35. The summed E-state index contributed by atoms with van der Waals surface area (Å²) in [4.78, 5) is 116. The molecule has 0 radical (unpaired) electrons. The van der Waals surface area contributed by atoms with Crippen LogP contribution in [0.25, 0.3) is 0 Å². The molecule has 20 heteroatoms. The van der Waals surface area contributed by atoms with Crippen molar-refractivity contribution >= 4 is 53.4 Å². The average Bonchev–Trinajstić information content (AvgIpc) is 3.55. The highest BCUT2D eigenvalue weighted by atomic mass is 16.4. The molecule has 56 heavy (non-hydrogen) atoms. The molecule has 6 atom stereocenters. The lowest BCUT2D eigenvalue weighted by Crippen LogP contribution is -2.60. The molecule has 310 valence electrons. The Hall–Kier alpha value is -5.79. The summed E-state index contributed by atoms with van der Waals surface area (Å²) in [6, 6.07) is -2.20. The molecule has 0 aromatic heterocycles. The summed E-state index contributed by atoms with van der Waals surface area (Å²) in [5.41, 5.74) is 5.80. The van der Waals surface area contributed by atoms with Gasteiger partial charge in [-0.05, 0) is 75.7 Å². The van der Waals surface area contributed by atoms with Gasteiger partial charge in [-0.25, -0.2) is 0 Å². The van der Waals surface area contributed by atoms with E-state index in [2.05, 4.69) is 26.6 Å². The van der Waals surface area contributed by atoms with E-state index in [9.17, 15) is 58.5 Å². The molecule has 6 amide bonds. The number of nitrogens with zero attached hydrogens (tertiary/aromatic N) is 1. The zero-order valence-electron chi connectivity index (χ0n) is 31.6. The number of amides is 6. The maximum Gasteiger partial charge on any atom is 0.303 e. The van der Waals surface area contributed by atoms with E-state index >= 15 is 0 Å². The number of aliphatic carboxylic acids is 3. The fourth-order valence-electron chi connectivity index (χ4n) is 6.01. The largest absolute Gasteiger partial charge is 0.508 e. The van der Waals surface area contributed by atoms with Crippen LogP contribution in [0.5, 0.6) is 5.75 Å². The van der Waals surface area contributed by atoms with E-state index in [1.807, 2.05) is 0 Å². The van der Waals surface area contributed by atoms with Crippen molar-refractivity contribution in [3.05, 3.63) is 29.8 Å². The minimum Gasteiger partial charge on any atom is -0.508 e. The number of rotatable bonds is 24. The van der Waals surface area contributed by atoms with Gasteiger partial charge in [0.2, 0.25) is 35.4 Å². The molecule has 1 aliphatic heterocycles. The number of likely N-dealkylation sites (N-methyl/N-ethyl adjacent to an activating group) is 1. The first-order valence-electron chi connectivity index (χ1n) is 18.2. The summed E-state index contributed by atoms with van der Waals surface area (Å²) in [7, 11) is 1.72. The number of phenolic OH excluding ortho intramolecular Hbond substituents is 1. The van der Waals surface area contributed by atoms with Crippen LogP contribution in [-0.2, 0) is 49.6 Å². The molecule has 1 unspecified atom stereocenters. The minimum absolute atomic E-state index is 0.0270. The van der Waals surface area contributed by atoms with E-state index in [0.29, 0.717) is 18.5 Å². The normalized spacial score (nSPS) is 16.7. The highest BCUT2D eigenvalue weighted by molar-refractivity contribution is 5.97. The van der Waals surface area contributed by atoms with Gasteiger partial charge in [0.1, 0.15) is 36.0 Å². The second-order valence-electron chi connectivity index (χ2n) is 14.1. The van der Waals surface area contributed by atoms with Gasteiger partial charge in [0.15, 0.2) is 0 Å². The van der Waals surface area contributed by atoms with Crippen molar-refractivity contribution in [3.8, 4) is 5.75 Å². The Labute approximate surface area is 323 Å². The van der Waals surface area contributed by atoms with Gasteiger partial charge in [-0.1, -0.05) is 26.0 Å². The summed E-state index contributed by atoms with van der Waals surface area (Å²) in [6.07, 6.45) is -1.76. The lowest BCUT2D eigenvalue weighted by Gasteiger charge is -2.28. The lowest BCUT2D eigenvalue weighted by atomic mass is 10.00. The highest BCUT2D eigenvalue weighted by Crippen LogP contribution is 2.16. The number of carbonyl (C=O) groups is 9. The van der Waals surface area contributed by atoms with E-state index in [-0.39, 0.29) is 37.4 Å². The molecule has 1 fully saturated rings. The van der Waals surface area contributed by atoms with Gasteiger partial charge < -0.3 is 52.7 Å². The number of carbonyl (C=O) groups excluding carboxylic acids is 6. The van der Waals surface area contributed by atoms with Crippen LogP contribution in [0.4, 0.5) is 0 Å². The van der Waals surface area contributed by atoms with E-state index in [0.717, 1.165) is 6.42 Å². The average molecular weight is 792 g/mol. The Bertz CT molecular complexity index is 1590. The number of primary amides is 1. The predicted molar refractivity (Wildman–Crippen MR) is 196 cm³/mol. The van der Waals surface area contributed by atoms with Crippen molar-refractivity contribution in [2.75, 3.05) is 13.6 Å². The zero-order valence-corrected chi connectivity index (χ0v) is 31.6. The molecule has 11 N–H and O–H groups in total. The number of likely N-dealkylation sites (tertiary alicyclic amines) is 1. The predicted octanol–water partition coefficient (Wildman–Crippen LogP) is -1.42. The fraction of sp³-hybridized carbons (Fsp3) is 0.583. The van der Waals surface area contributed by atoms with E-state index in [1.54, 1.807) is 25.8 Å². The molecule has 1 aliphatic rings. The number of hydrogen-bond acceptors (Lipinski definition) is 11. The Balaban J connectivity index is 2.40. The standard InChI is InChI=1S/C36H53N7O13/c1-19(2)17-25(34(54)38-22(31(37)51)10-13-28(45)46)41-35(55)26(18-20-6-8-21(44)9-7-20)42-33(53)23(11-14-29(47)48)39-32(52)24(12-15-30(49)50)40-36(56)27-5-4-16-43(27)3/h6-9,19,22-27,44H,4-5,10-18H2,1-3H3,(H2,37,51)(H,38,54)(H,39,52)(H,40,56)(H,41,55)(H,42,53)(H,45,46)(H,47,48)(H,49,50)/t22-,23-,24-,25-,26-,27?/m0/s1.